The lowest BCUT2D eigenvalue weighted by Gasteiger charge is -2.21. The maximum atomic E-state index is 10.2. The maximum absolute atomic E-state index is 10.2. The minimum absolute atomic E-state index is 0.350. The largest absolute Gasteiger partial charge is 0.303 e. The maximum Gasteiger partial charge on any atom is 0.123 e. The average molecular weight is 125 g/mol. The van der Waals surface area contributed by atoms with E-state index in [1.807, 2.05) is 0 Å². The molecule has 0 saturated heterocycles. The van der Waals surface area contributed by atoms with Gasteiger partial charge in [-0.2, -0.15) is 0 Å². The molecule has 0 amide bonds. The first-order valence-corrected chi connectivity index (χ1v) is 3.61. The molecule has 0 bridgehead atoms. The minimum Gasteiger partial charge on any atom is -0.303 e. The van der Waals surface area contributed by atoms with Gasteiger partial charge in [0.25, 0.3) is 0 Å². The Bertz CT molecular complexity index is 90.7. The van der Waals surface area contributed by atoms with Crippen molar-refractivity contribution in [2.75, 3.05) is 0 Å². The molecule has 1 radical (unpaired) electrons. The quantitative estimate of drug-likeness (QED) is 0.488. The first-order chi connectivity index (χ1) is 4.33. The molecule has 1 heteroatoms. The van der Waals surface area contributed by atoms with E-state index in [1.54, 1.807) is 0 Å². The normalized spacial score (nSPS) is 36.1. The summed E-state index contributed by atoms with van der Waals surface area (Å²) in [7, 11) is 0. The van der Waals surface area contributed by atoms with Crippen LogP contribution in [0.3, 0.4) is 0 Å². The molecule has 9 heavy (non-hydrogen) atoms. The van der Waals surface area contributed by atoms with Gasteiger partial charge in [0.05, 0.1) is 0 Å². The average Bonchev–Trinajstić information content (AvgIpc) is 1.90. The molecule has 1 rings (SSSR count). The van der Waals surface area contributed by atoms with Gasteiger partial charge in [-0.25, -0.2) is 0 Å². The molecule has 0 aliphatic heterocycles. The van der Waals surface area contributed by atoms with Crippen molar-refractivity contribution in [3.8, 4) is 0 Å². The Kier molecular flexibility index (Phi) is 2.26. The number of aldehydes is 1. The highest BCUT2D eigenvalue weighted by molar-refractivity contribution is 5.53. The second kappa shape index (κ2) is 3.00. The van der Waals surface area contributed by atoms with Crippen LogP contribution in [0.1, 0.15) is 25.7 Å². The van der Waals surface area contributed by atoms with Crippen molar-refractivity contribution in [1.29, 1.82) is 0 Å². The Balaban J connectivity index is 2.26. The molecule has 0 aromatic carbocycles. The lowest BCUT2D eigenvalue weighted by Crippen LogP contribution is -2.12. The topological polar surface area (TPSA) is 17.1 Å². The van der Waals surface area contributed by atoms with Crippen LogP contribution in [0, 0.1) is 18.8 Å². The first kappa shape index (κ1) is 6.79. The fraction of sp³-hybridized carbons (Fsp3) is 0.750. The summed E-state index contributed by atoms with van der Waals surface area (Å²) >= 11 is 0. The number of carbonyl (C=O) groups is 1. The molecule has 0 aromatic heterocycles. The zero-order valence-corrected chi connectivity index (χ0v) is 5.68. The summed E-state index contributed by atoms with van der Waals surface area (Å²) in [6.45, 7) is 3.95. The Hall–Kier alpha value is -0.330. The fourth-order valence-electron chi connectivity index (χ4n) is 1.32. The third-order valence-electron chi connectivity index (χ3n) is 2.08. The van der Waals surface area contributed by atoms with Gasteiger partial charge in [0.2, 0.25) is 0 Å². The SMILES string of the molecule is [CH2][C@H]1CC[C@@H](C=O)CC1. The summed E-state index contributed by atoms with van der Waals surface area (Å²) in [5.74, 6) is 0.962. The molecular formula is C8H13O. The van der Waals surface area contributed by atoms with Gasteiger partial charge in [-0.3, -0.25) is 0 Å². The van der Waals surface area contributed by atoms with Crippen LogP contribution in [0.25, 0.3) is 0 Å². The van der Waals surface area contributed by atoms with Crippen LogP contribution in [0.5, 0.6) is 0 Å². The van der Waals surface area contributed by atoms with Crippen LogP contribution < -0.4 is 0 Å². The third-order valence-corrected chi connectivity index (χ3v) is 2.08. The second-order valence-corrected chi connectivity index (χ2v) is 2.92. The van der Waals surface area contributed by atoms with Gasteiger partial charge in [0.15, 0.2) is 0 Å². The molecule has 0 unspecified atom stereocenters. The van der Waals surface area contributed by atoms with Crippen molar-refractivity contribution >= 4 is 6.29 Å². The van der Waals surface area contributed by atoms with Crippen molar-refractivity contribution in [3.05, 3.63) is 6.92 Å². The van der Waals surface area contributed by atoms with Gasteiger partial charge in [-0.15, -0.1) is 0 Å². The van der Waals surface area contributed by atoms with Gasteiger partial charge in [0.1, 0.15) is 6.29 Å². The van der Waals surface area contributed by atoms with Crippen molar-refractivity contribution in [2.24, 2.45) is 11.8 Å². The van der Waals surface area contributed by atoms with Gasteiger partial charge in [0, 0.05) is 5.92 Å². The highest BCUT2D eigenvalue weighted by atomic mass is 16.1. The van der Waals surface area contributed by atoms with Crippen LogP contribution in [-0.2, 0) is 4.79 Å². The molecule has 1 fully saturated rings. The zero-order chi connectivity index (χ0) is 6.69. The monoisotopic (exact) mass is 125 g/mol. The first-order valence-electron chi connectivity index (χ1n) is 3.61. The van der Waals surface area contributed by atoms with Gasteiger partial charge in [-0.05, 0) is 31.6 Å². The third kappa shape index (κ3) is 1.81. The molecule has 1 nitrogen and oxygen atoms in total. The summed E-state index contributed by atoms with van der Waals surface area (Å²) in [6, 6.07) is 0. The van der Waals surface area contributed by atoms with E-state index in [9.17, 15) is 4.79 Å². The predicted molar refractivity (Wildman–Crippen MR) is 36.9 cm³/mol. The summed E-state index contributed by atoms with van der Waals surface area (Å²) in [5, 5.41) is 0. The summed E-state index contributed by atoms with van der Waals surface area (Å²) in [5.41, 5.74) is 0. The Morgan fingerprint density at radius 3 is 2.22 bits per heavy atom. The highest BCUT2D eigenvalue weighted by Gasteiger charge is 2.16. The number of rotatable bonds is 1. The predicted octanol–water partition coefficient (Wildman–Crippen LogP) is 1.83. The van der Waals surface area contributed by atoms with E-state index < -0.39 is 0 Å². The summed E-state index contributed by atoms with van der Waals surface area (Å²) < 4.78 is 0. The van der Waals surface area contributed by atoms with Crippen LogP contribution in [0.4, 0.5) is 0 Å². The number of hydrogen-bond donors (Lipinski definition) is 0. The van der Waals surface area contributed by atoms with Crippen LogP contribution in [0.15, 0.2) is 0 Å². The number of hydrogen-bond acceptors (Lipinski definition) is 1. The van der Waals surface area contributed by atoms with E-state index >= 15 is 0 Å². The fourth-order valence-corrected chi connectivity index (χ4v) is 1.32. The van der Waals surface area contributed by atoms with E-state index in [0.717, 1.165) is 32.0 Å². The molecule has 0 atom stereocenters. The van der Waals surface area contributed by atoms with E-state index in [-0.39, 0.29) is 0 Å². The van der Waals surface area contributed by atoms with E-state index in [1.165, 1.54) is 0 Å². The Morgan fingerprint density at radius 1 is 1.22 bits per heavy atom. The summed E-state index contributed by atoms with van der Waals surface area (Å²) in [6.07, 6.45) is 5.51. The van der Waals surface area contributed by atoms with Crippen LogP contribution >= 0.6 is 0 Å². The molecular weight excluding hydrogens is 112 g/mol. The van der Waals surface area contributed by atoms with Crippen molar-refractivity contribution < 1.29 is 4.79 Å². The van der Waals surface area contributed by atoms with Gasteiger partial charge < -0.3 is 4.79 Å². The van der Waals surface area contributed by atoms with Crippen molar-refractivity contribution in [2.45, 2.75) is 25.7 Å². The minimum atomic E-state index is 0.350. The smallest absolute Gasteiger partial charge is 0.123 e. The highest BCUT2D eigenvalue weighted by Crippen LogP contribution is 2.26. The summed E-state index contributed by atoms with van der Waals surface area (Å²) in [4.78, 5) is 10.2. The molecule has 0 aromatic rings. The standard InChI is InChI=1S/C8H13O/c1-7-2-4-8(6-9)5-3-7/h6-8H,1-5H2/t7-,8+. The van der Waals surface area contributed by atoms with Crippen molar-refractivity contribution in [1.82, 2.24) is 0 Å². The van der Waals surface area contributed by atoms with Gasteiger partial charge in [-0.1, -0.05) is 6.92 Å². The molecule has 1 aliphatic carbocycles. The van der Waals surface area contributed by atoms with Gasteiger partial charge >= 0.3 is 0 Å². The van der Waals surface area contributed by atoms with Crippen LogP contribution in [-0.4, -0.2) is 6.29 Å². The van der Waals surface area contributed by atoms with E-state index in [4.69, 9.17) is 0 Å². The Morgan fingerprint density at radius 2 is 1.78 bits per heavy atom. The molecule has 0 heterocycles. The second-order valence-electron chi connectivity index (χ2n) is 2.92. The number of carbonyl (C=O) groups excluding carboxylic acids is 1. The van der Waals surface area contributed by atoms with E-state index in [0.29, 0.717) is 11.8 Å². The molecule has 0 spiro atoms. The molecule has 51 valence electrons. The molecule has 0 N–H and O–H groups in total. The lowest BCUT2D eigenvalue weighted by atomic mass is 9.84. The molecule has 1 aliphatic rings. The van der Waals surface area contributed by atoms with Crippen LogP contribution in [0.2, 0.25) is 0 Å². The Labute approximate surface area is 56.4 Å². The zero-order valence-electron chi connectivity index (χ0n) is 5.68. The molecule has 1 saturated carbocycles. The lowest BCUT2D eigenvalue weighted by molar-refractivity contribution is -0.112. The van der Waals surface area contributed by atoms with Crippen molar-refractivity contribution in [3.63, 3.8) is 0 Å². The van der Waals surface area contributed by atoms with E-state index in [2.05, 4.69) is 6.92 Å².